The molecule has 150 valence electrons. The van der Waals surface area contributed by atoms with Crippen molar-refractivity contribution in [2.24, 2.45) is 11.7 Å². The second kappa shape index (κ2) is 6.97. The molecule has 4 N–H and O–H groups in total. The SMILES string of the molecule is C[C@@]1(O)CC[C@H](N)[C@@H](Cc2ccc3c(c2)CN([C@H]2CCC(=O)NC2=O)C3=O)C1. The number of rotatable bonds is 3. The van der Waals surface area contributed by atoms with Crippen LogP contribution in [0.25, 0.3) is 0 Å². The number of nitrogens with two attached hydrogens (primary N) is 1. The lowest BCUT2D eigenvalue weighted by molar-refractivity contribution is -0.136. The minimum atomic E-state index is -0.671. The number of hydrogen-bond donors (Lipinski definition) is 3. The number of piperidine rings is 1. The average molecular weight is 385 g/mol. The standard InChI is InChI=1S/C21H27N3O4/c1-21(28)7-6-16(22)13(10-21)8-12-2-3-15-14(9-12)11-24(20(15)27)17-4-5-18(25)23-19(17)26/h2-3,9,13,16-17,28H,4-8,10-11,22H2,1H3,(H,23,25,26)/t13-,16-,17-,21+/m0/s1. The third-order valence-corrected chi connectivity index (χ3v) is 6.41. The van der Waals surface area contributed by atoms with Crippen molar-refractivity contribution in [2.45, 2.75) is 69.7 Å². The monoisotopic (exact) mass is 385 g/mol. The average Bonchev–Trinajstić information content (AvgIpc) is 2.94. The molecular formula is C21H27N3O4. The molecule has 3 aliphatic rings. The molecule has 7 nitrogen and oxygen atoms in total. The van der Waals surface area contributed by atoms with E-state index in [9.17, 15) is 19.5 Å². The molecule has 1 aromatic carbocycles. The summed E-state index contributed by atoms with van der Waals surface area (Å²) in [6.07, 6.45) is 3.59. The summed E-state index contributed by atoms with van der Waals surface area (Å²) in [5, 5.41) is 12.7. The molecule has 0 radical (unpaired) electrons. The number of carbonyl (C=O) groups is 3. The maximum Gasteiger partial charge on any atom is 0.255 e. The Labute approximate surface area is 164 Å². The number of amides is 3. The first-order chi connectivity index (χ1) is 13.2. The van der Waals surface area contributed by atoms with Crippen LogP contribution in [0.15, 0.2) is 18.2 Å². The van der Waals surface area contributed by atoms with Gasteiger partial charge in [0.1, 0.15) is 6.04 Å². The number of benzene rings is 1. The van der Waals surface area contributed by atoms with Gasteiger partial charge in [-0.15, -0.1) is 0 Å². The summed E-state index contributed by atoms with van der Waals surface area (Å²) >= 11 is 0. The molecule has 0 spiro atoms. The quantitative estimate of drug-likeness (QED) is 0.668. The van der Waals surface area contributed by atoms with E-state index in [1.165, 1.54) is 0 Å². The van der Waals surface area contributed by atoms with Crippen LogP contribution >= 0.6 is 0 Å². The van der Waals surface area contributed by atoms with Gasteiger partial charge in [0, 0.05) is 24.6 Å². The number of carbonyl (C=O) groups excluding carboxylic acids is 3. The predicted octanol–water partition coefficient (Wildman–Crippen LogP) is 0.868. The number of nitrogens with zero attached hydrogens (tertiary/aromatic N) is 1. The van der Waals surface area contributed by atoms with Crippen LogP contribution in [0.1, 0.15) is 60.5 Å². The van der Waals surface area contributed by atoms with Crippen molar-refractivity contribution in [3.8, 4) is 0 Å². The summed E-state index contributed by atoms with van der Waals surface area (Å²) in [4.78, 5) is 37.9. The minimum Gasteiger partial charge on any atom is -0.390 e. The molecule has 1 aliphatic carbocycles. The molecule has 2 heterocycles. The fraction of sp³-hybridized carbons (Fsp3) is 0.571. The Morgan fingerprint density at radius 3 is 2.82 bits per heavy atom. The van der Waals surface area contributed by atoms with Gasteiger partial charge in [0.15, 0.2) is 0 Å². The maximum absolute atomic E-state index is 12.8. The topological polar surface area (TPSA) is 113 Å². The zero-order valence-corrected chi connectivity index (χ0v) is 16.1. The van der Waals surface area contributed by atoms with E-state index >= 15 is 0 Å². The summed E-state index contributed by atoms with van der Waals surface area (Å²) in [6, 6.07) is 5.26. The molecule has 2 aliphatic heterocycles. The first-order valence-electron chi connectivity index (χ1n) is 9.98. The molecule has 4 rings (SSSR count). The van der Waals surface area contributed by atoms with Gasteiger partial charge in [0.05, 0.1) is 5.60 Å². The van der Waals surface area contributed by atoms with Gasteiger partial charge in [0.2, 0.25) is 11.8 Å². The fourth-order valence-corrected chi connectivity index (χ4v) is 4.81. The Morgan fingerprint density at radius 2 is 2.07 bits per heavy atom. The third kappa shape index (κ3) is 3.56. The van der Waals surface area contributed by atoms with E-state index in [-0.39, 0.29) is 30.2 Å². The Balaban J connectivity index is 1.49. The Morgan fingerprint density at radius 1 is 1.29 bits per heavy atom. The van der Waals surface area contributed by atoms with Crippen molar-refractivity contribution in [3.05, 3.63) is 34.9 Å². The van der Waals surface area contributed by atoms with E-state index in [2.05, 4.69) is 5.32 Å². The van der Waals surface area contributed by atoms with Crippen LogP contribution in [-0.4, -0.2) is 45.4 Å². The molecular weight excluding hydrogens is 358 g/mol. The van der Waals surface area contributed by atoms with Crippen molar-refractivity contribution in [1.82, 2.24) is 10.2 Å². The molecule has 1 aromatic rings. The maximum atomic E-state index is 12.8. The van der Waals surface area contributed by atoms with Crippen molar-refractivity contribution < 1.29 is 19.5 Å². The van der Waals surface area contributed by atoms with E-state index in [1.54, 1.807) is 4.90 Å². The second-order valence-electron chi connectivity index (χ2n) is 8.76. The Kier molecular flexibility index (Phi) is 4.75. The number of imide groups is 1. The van der Waals surface area contributed by atoms with Crippen LogP contribution in [0.5, 0.6) is 0 Å². The molecule has 7 heteroatoms. The van der Waals surface area contributed by atoms with E-state index in [1.807, 2.05) is 25.1 Å². The van der Waals surface area contributed by atoms with Crippen molar-refractivity contribution in [3.63, 3.8) is 0 Å². The van der Waals surface area contributed by atoms with E-state index in [0.717, 1.165) is 30.4 Å². The molecule has 1 saturated heterocycles. The molecule has 0 bridgehead atoms. The molecule has 3 amide bonds. The van der Waals surface area contributed by atoms with Crippen LogP contribution in [-0.2, 0) is 22.6 Å². The van der Waals surface area contributed by atoms with Crippen molar-refractivity contribution in [2.75, 3.05) is 0 Å². The number of nitrogens with one attached hydrogen (secondary N) is 1. The zero-order chi connectivity index (χ0) is 20.1. The first kappa shape index (κ1) is 19.1. The van der Waals surface area contributed by atoms with Crippen LogP contribution in [0, 0.1) is 5.92 Å². The van der Waals surface area contributed by atoms with Gasteiger partial charge in [-0.25, -0.2) is 0 Å². The largest absolute Gasteiger partial charge is 0.390 e. The molecule has 2 fully saturated rings. The van der Waals surface area contributed by atoms with Gasteiger partial charge in [-0.1, -0.05) is 12.1 Å². The molecule has 28 heavy (non-hydrogen) atoms. The highest BCUT2D eigenvalue weighted by Gasteiger charge is 2.39. The lowest BCUT2D eigenvalue weighted by Gasteiger charge is -2.38. The predicted molar refractivity (Wildman–Crippen MR) is 102 cm³/mol. The highest BCUT2D eigenvalue weighted by Crippen LogP contribution is 2.34. The first-order valence-corrected chi connectivity index (χ1v) is 9.98. The summed E-state index contributed by atoms with van der Waals surface area (Å²) in [5.41, 5.74) is 8.23. The second-order valence-corrected chi connectivity index (χ2v) is 8.76. The van der Waals surface area contributed by atoms with Gasteiger partial charge in [-0.05, 0) is 62.1 Å². The summed E-state index contributed by atoms with van der Waals surface area (Å²) in [5.74, 6) is -0.640. The van der Waals surface area contributed by atoms with E-state index in [0.29, 0.717) is 24.9 Å². The summed E-state index contributed by atoms with van der Waals surface area (Å²) in [7, 11) is 0. The van der Waals surface area contributed by atoms with Crippen LogP contribution in [0.3, 0.4) is 0 Å². The molecule has 0 aromatic heterocycles. The van der Waals surface area contributed by atoms with Gasteiger partial charge in [0.25, 0.3) is 5.91 Å². The lowest BCUT2D eigenvalue weighted by atomic mass is 9.74. The molecule has 0 unspecified atom stereocenters. The summed E-state index contributed by atoms with van der Waals surface area (Å²) < 4.78 is 0. The lowest BCUT2D eigenvalue weighted by Crippen LogP contribution is -2.52. The smallest absolute Gasteiger partial charge is 0.255 e. The van der Waals surface area contributed by atoms with Crippen molar-refractivity contribution >= 4 is 17.7 Å². The molecule has 4 atom stereocenters. The Bertz CT molecular complexity index is 835. The third-order valence-electron chi connectivity index (χ3n) is 6.41. The van der Waals surface area contributed by atoms with Gasteiger partial charge >= 0.3 is 0 Å². The summed E-state index contributed by atoms with van der Waals surface area (Å²) in [6.45, 7) is 2.24. The number of aliphatic hydroxyl groups is 1. The molecule has 1 saturated carbocycles. The minimum absolute atomic E-state index is 0.0649. The zero-order valence-electron chi connectivity index (χ0n) is 16.1. The highest BCUT2D eigenvalue weighted by atomic mass is 16.3. The Hall–Kier alpha value is -2.25. The number of hydrogen-bond acceptors (Lipinski definition) is 5. The van der Waals surface area contributed by atoms with Crippen LogP contribution in [0.2, 0.25) is 0 Å². The highest BCUT2D eigenvalue weighted by molar-refractivity contribution is 6.05. The van der Waals surface area contributed by atoms with E-state index < -0.39 is 17.6 Å². The van der Waals surface area contributed by atoms with Gasteiger partial charge < -0.3 is 15.7 Å². The fourth-order valence-electron chi connectivity index (χ4n) is 4.81. The number of fused-ring (bicyclic) bond motifs is 1. The van der Waals surface area contributed by atoms with Gasteiger partial charge in [-0.3, -0.25) is 19.7 Å². The van der Waals surface area contributed by atoms with Gasteiger partial charge in [-0.2, -0.15) is 0 Å². The normalized spacial score (nSPS) is 33.0. The van der Waals surface area contributed by atoms with Crippen LogP contribution in [0.4, 0.5) is 0 Å². The van der Waals surface area contributed by atoms with Crippen LogP contribution < -0.4 is 11.1 Å². The van der Waals surface area contributed by atoms with E-state index in [4.69, 9.17) is 5.73 Å². The van der Waals surface area contributed by atoms with Crippen molar-refractivity contribution in [1.29, 1.82) is 0 Å².